The molecule has 1 heterocycles. The fourth-order valence-electron chi connectivity index (χ4n) is 4.66. The van der Waals surface area contributed by atoms with Crippen LogP contribution >= 0.6 is 0 Å². The van der Waals surface area contributed by atoms with Crippen LogP contribution in [0.2, 0.25) is 0 Å². The zero-order valence-electron chi connectivity index (χ0n) is 17.6. The highest BCUT2D eigenvalue weighted by atomic mass is 16.2. The highest BCUT2D eigenvalue weighted by Gasteiger charge is 2.37. The van der Waals surface area contributed by atoms with Gasteiger partial charge in [-0.2, -0.15) is 0 Å². The van der Waals surface area contributed by atoms with Crippen LogP contribution in [-0.4, -0.2) is 53.8 Å². The Balaban J connectivity index is 1.66. The Morgan fingerprint density at radius 1 is 0.964 bits per heavy atom. The molecule has 5 nitrogen and oxygen atoms in total. The van der Waals surface area contributed by atoms with Crippen LogP contribution in [0.1, 0.15) is 58.1 Å². The van der Waals surface area contributed by atoms with Crippen molar-refractivity contribution in [1.82, 2.24) is 15.1 Å². The van der Waals surface area contributed by atoms with E-state index in [0.29, 0.717) is 5.92 Å². The molecule has 2 fully saturated rings. The maximum absolute atomic E-state index is 13.3. The summed E-state index contributed by atoms with van der Waals surface area (Å²) in [6.07, 6.45) is 4.69. The Morgan fingerprint density at radius 2 is 1.57 bits per heavy atom. The van der Waals surface area contributed by atoms with Crippen molar-refractivity contribution < 1.29 is 9.59 Å². The maximum Gasteiger partial charge on any atom is 0.238 e. The van der Waals surface area contributed by atoms with E-state index in [2.05, 4.69) is 29.3 Å². The lowest BCUT2D eigenvalue weighted by Gasteiger charge is -2.41. The number of benzene rings is 1. The molecule has 5 heteroatoms. The first kappa shape index (κ1) is 20.8. The van der Waals surface area contributed by atoms with E-state index >= 15 is 0 Å². The zero-order valence-corrected chi connectivity index (χ0v) is 17.6. The van der Waals surface area contributed by atoms with Crippen molar-refractivity contribution in [3.63, 3.8) is 0 Å². The molecule has 2 aliphatic rings. The molecule has 154 valence electrons. The van der Waals surface area contributed by atoms with E-state index < -0.39 is 0 Å². The molecule has 2 atom stereocenters. The number of hydrogen-bond donors (Lipinski definition) is 1. The molecule has 1 aliphatic carbocycles. The average Bonchev–Trinajstić information content (AvgIpc) is 3.23. The van der Waals surface area contributed by atoms with Gasteiger partial charge in [0.05, 0.1) is 12.1 Å². The Morgan fingerprint density at radius 3 is 2.14 bits per heavy atom. The first-order valence-electron chi connectivity index (χ1n) is 10.9. The fraction of sp³-hybridized carbons (Fsp3) is 0.652. The second-order valence-corrected chi connectivity index (χ2v) is 8.65. The van der Waals surface area contributed by atoms with Crippen molar-refractivity contribution >= 4 is 11.8 Å². The molecule has 1 aromatic carbocycles. The summed E-state index contributed by atoms with van der Waals surface area (Å²) in [5.74, 6) is 0.827. The van der Waals surface area contributed by atoms with Crippen molar-refractivity contribution in [2.45, 2.75) is 58.5 Å². The minimum absolute atomic E-state index is 0.00131. The highest BCUT2D eigenvalue weighted by Crippen LogP contribution is 2.31. The normalized spacial score (nSPS) is 20.9. The predicted octanol–water partition coefficient (Wildman–Crippen LogP) is 3.22. The van der Waals surface area contributed by atoms with Crippen molar-refractivity contribution in [1.29, 1.82) is 0 Å². The van der Waals surface area contributed by atoms with Crippen molar-refractivity contribution in [3.05, 3.63) is 35.9 Å². The quantitative estimate of drug-likeness (QED) is 0.818. The average molecular weight is 386 g/mol. The lowest BCUT2D eigenvalue weighted by Crippen LogP contribution is -2.58. The minimum Gasteiger partial charge on any atom is -0.348 e. The third kappa shape index (κ3) is 4.93. The number of carbonyl (C=O) groups is 2. The van der Waals surface area contributed by atoms with Crippen molar-refractivity contribution in [3.8, 4) is 0 Å². The number of rotatable bonds is 6. The standard InChI is InChI=1S/C23H35N3O2/c1-17(2)23(28)26-15-13-25(14-16-26)21(20-11-7-8-12-20)22(27)24-18(3)19-9-5-4-6-10-19/h4-6,9-10,17-18,20-21H,7-8,11-16H2,1-3H3,(H,24,27)/t18-,21-/m0/s1. The largest absolute Gasteiger partial charge is 0.348 e. The molecule has 0 bridgehead atoms. The molecule has 1 aromatic rings. The van der Waals surface area contributed by atoms with Crippen LogP contribution in [0.5, 0.6) is 0 Å². The summed E-state index contributed by atoms with van der Waals surface area (Å²) in [5, 5.41) is 3.26. The summed E-state index contributed by atoms with van der Waals surface area (Å²) in [7, 11) is 0. The maximum atomic E-state index is 13.3. The number of piperazine rings is 1. The third-order valence-electron chi connectivity index (χ3n) is 6.29. The van der Waals surface area contributed by atoms with E-state index in [9.17, 15) is 9.59 Å². The summed E-state index contributed by atoms with van der Waals surface area (Å²) in [5.41, 5.74) is 1.13. The summed E-state index contributed by atoms with van der Waals surface area (Å²) in [6.45, 7) is 8.98. The smallest absolute Gasteiger partial charge is 0.238 e. The molecule has 1 saturated carbocycles. The molecular formula is C23H35N3O2. The molecule has 1 saturated heterocycles. The lowest BCUT2D eigenvalue weighted by molar-refractivity contribution is -0.138. The van der Waals surface area contributed by atoms with E-state index in [0.717, 1.165) is 44.6 Å². The van der Waals surface area contributed by atoms with Gasteiger partial charge in [0.1, 0.15) is 0 Å². The van der Waals surface area contributed by atoms with Crippen LogP contribution < -0.4 is 5.32 Å². The molecule has 28 heavy (non-hydrogen) atoms. The van der Waals surface area contributed by atoms with Gasteiger partial charge >= 0.3 is 0 Å². The molecule has 0 unspecified atom stereocenters. The van der Waals surface area contributed by atoms with Gasteiger partial charge in [0, 0.05) is 32.1 Å². The van der Waals surface area contributed by atoms with Gasteiger partial charge in [0.15, 0.2) is 0 Å². The van der Waals surface area contributed by atoms with E-state index in [1.165, 1.54) is 12.8 Å². The molecule has 1 N–H and O–H groups in total. The molecule has 0 aromatic heterocycles. The van der Waals surface area contributed by atoms with Gasteiger partial charge in [-0.05, 0) is 31.2 Å². The van der Waals surface area contributed by atoms with Crippen LogP contribution in [0.25, 0.3) is 0 Å². The SMILES string of the molecule is CC(C)C(=O)N1CCN([C@H](C(=O)N[C@@H](C)c2ccccc2)C2CCCC2)CC1. The summed E-state index contributed by atoms with van der Waals surface area (Å²) < 4.78 is 0. The second kappa shape index (κ2) is 9.55. The van der Waals surface area contributed by atoms with Crippen LogP contribution in [0.4, 0.5) is 0 Å². The molecule has 2 amide bonds. The number of nitrogens with zero attached hydrogens (tertiary/aromatic N) is 2. The number of amides is 2. The van der Waals surface area contributed by atoms with E-state index in [1.54, 1.807) is 0 Å². The van der Waals surface area contributed by atoms with Gasteiger partial charge in [-0.15, -0.1) is 0 Å². The van der Waals surface area contributed by atoms with Gasteiger partial charge in [0.25, 0.3) is 0 Å². The van der Waals surface area contributed by atoms with Crippen molar-refractivity contribution in [2.24, 2.45) is 11.8 Å². The van der Waals surface area contributed by atoms with Gasteiger partial charge in [-0.3, -0.25) is 14.5 Å². The molecule has 0 spiro atoms. The van der Waals surface area contributed by atoms with Crippen molar-refractivity contribution in [2.75, 3.05) is 26.2 Å². The lowest BCUT2D eigenvalue weighted by atomic mass is 9.94. The molecular weight excluding hydrogens is 350 g/mol. The van der Waals surface area contributed by atoms with Crippen LogP contribution in [0.15, 0.2) is 30.3 Å². The molecule has 3 rings (SSSR count). The number of nitrogens with one attached hydrogen (secondary N) is 1. The Kier molecular flexibility index (Phi) is 7.11. The van der Waals surface area contributed by atoms with Gasteiger partial charge in [-0.1, -0.05) is 57.0 Å². The van der Waals surface area contributed by atoms with Gasteiger partial charge in [0.2, 0.25) is 11.8 Å². The van der Waals surface area contributed by atoms with E-state index in [4.69, 9.17) is 0 Å². The Bertz CT molecular complexity index is 647. The monoisotopic (exact) mass is 385 g/mol. The topological polar surface area (TPSA) is 52.7 Å². The van der Waals surface area contributed by atoms with Crippen LogP contribution in [0.3, 0.4) is 0 Å². The minimum atomic E-state index is -0.0787. The molecule has 1 aliphatic heterocycles. The Hall–Kier alpha value is -1.88. The Labute approximate surface area is 169 Å². The zero-order chi connectivity index (χ0) is 20.1. The van der Waals surface area contributed by atoms with E-state index in [-0.39, 0.29) is 29.8 Å². The second-order valence-electron chi connectivity index (χ2n) is 8.65. The molecule has 0 radical (unpaired) electrons. The van der Waals surface area contributed by atoms with Crippen LogP contribution in [-0.2, 0) is 9.59 Å². The summed E-state index contributed by atoms with van der Waals surface area (Å²) in [6, 6.07) is 10.1. The van der Waals surface area contributed by atoms with Crippen LogP contribution in [0, 0.1) is 11.8 Å². The number of carbonyl (C=O) groups excluding carboxylic acids is 2. The van der Waals surface area contributed by atoms with Gasteiger partial charge in [-0.25, -0.2) is 0 Å². The number of hydrogen-bond acceptors (Lipinski definition) is 3. The van der Waals surface area contributed by atoms with Gasteiger partial charge < -0.3 is 10.2 Å². The summed E-state index contributed by atoms with van der Waals surface area (Å²) in [4.78, 5) is 29.9. The first-order valence-corrected chi connectivity index (χ1v) is 10.9. The summed E-state index contributed by atoms with van der Waals surface area (Å²) >= 11 is 0. The fourth-order valence-corrected chi connectivity index (χ4v) is 4.66. The highest BCUT2D eigenvalue weighted by molar-refractivity contribution is 5.83. The predicted molar refractivity (Wildman–Crippen MR) is 112 cm³/mol. The third-order valence-corrected chi connectivity index (χ3v) is 6.29. The first-order chi connectivity index (χ1) is 13.5. The van der Waals surface area contributed by atoms with E-state index in [1.807, 2.05) is 36.9 Å².